The number of Topliss-reactive ketones (excluding diaryl/α,β-unsaturated/α-hetero) is 1. The van der Waals surface area contributed by atoms with Gasteiger partial charge in [-0.05, 0) is 16.7 Å². The molecule has 0 radical (unpaired) electrons. The third kappa shape index (κ3) is 4.51. The van der Waals surface area contributed by atoms with Crippen molar-refractivity contribution in [1.82, 2.24) is 0 Å². The molecule has 0 unspecified atom stereocenters. The first kappa shape index (κ1) is 19.5. The van der Waals surface area contributed by atoms with Crippen LogP contribution in [0.2, 0.25) is 0 Å². The zero-order valence-corrected chi connectivity index (χ0v) is 17.3. The molecule has 0 heterocycles. The topological polar surface area (TPSA) is 60.2 Å². The van der Waals surface area contributed by atoms with Gasteiger partial charge in [-0.3, -0.25) is 14.9 Å². The predicted molar refractivity (Wildman–Crippen MR) is 114 cm³/mol. The summed E-state index contributed by atoms with van der Waals surface area (Å²) < 4.78 is 0. The average Bonchev–Trinajstić information content (AvgIpc) is 2.73. The number of rotatable bonds is 6. The molecule has 3 rings (SSSR count). The molecule has 0 N–H and O–H groups in total. The number of ketones is 1. The second-order valence-corrected chi connectivity index (χ2v) is 7.93. The third-order valence-corrected chi connectivity index (χ3v) is 6.92. The van der Waals surface area contributed by atoms with Crippen LogP contribution < -0.4 is 0 Å². The van der Waals surface area contributed by atoms with Gasteiger partial charge in [-0.25, -0.2) is 0 Å². The number of halogens is 2. The lowest BCUT2D eigenvalue weighted by atomic mass is 9.99. The van der Waals surface area contributed by atoms with E-state index in [1.54, 1.807) is 12.1 Å². The molecule has 3 aromatic rings. The van der Waals surface area contributed by atoms with E-state index >= 15 is 0 Å². The van der Waals surface area contributed by atoms with Crippen LogP contribution in [0.1, 0.15) is 20.7 Å². The molecular formula is C21H15Br2NO3. The summed E-state index contributed by atoms with van der Waals surface area (Å²) in [4.78, 5) is 22.3. The first-order valence-corrected chi connectivity index (χ1v) is 10.0. The quantitative estimate of drug-likeness (QED) is 0.176. The molecule has 3 aromatic carbocycles. The van der Waals surface area contributed by atoms with Gasteiger partial charge in [0.15, 0.2) is 5.78 Å². The van der Waals surface area contributed by atoms with Crippen molar-refractivity contribution in [3.63, 3.8) is 0 Å². The van der Waals surface area contributed by atoms with E-state index in [4.69, 9.17) is 0 Å². The monoisotopic (exact) mass is 487 g/mol. The SMILES string of the molecule is O=C(c1ccc(-c2ccccc2)cc1)[C@@H](Br)[C@H](Br)c1ccc([N+](=O)[O-])cc1. The molecular weight excluding hydrogens is 474 g/mol. The fraction of sp³-hybridized carbons (Fsp3) is 0.0952. The number of nitro groups is 1. The minimum absolute atomic E-state index is 0.0207. The molecule has 0 aliphatic carbocycles. The Morgan fingerprint density at radius 1 is 0.815 bits per heavy atom. The minimum Gasteiger partial charge on any atom is -0.293 e. The van der Waals surface area contributed by atoms with Crippen molar-refractivity contribution in [2.75, 3.05) is 0 Å². The van der Waals surface area contributed by atoms with E-state index in [0.717, 1.165) is 16.7 Å². The number of alkyl halides is 2. The summed E-state index contributed by atoms with van der Waals surface area (Å²) in [5.74, 6) is -0.0603. The highest BCUT2D eigenvalue weighted by atomic mass is 79.9. The van der Waals surface area contributed by atoms with Crippen LogP contribution in [0, 0.1) is 10.1 Å². The van der Waals surface area contributed by atoms with Gasteiger partial charge in [0.05, 0.1) is 14.6 Å². The maximum absolute atomic E-state index is 12.8. The molecule has 27 heavy (non-hydrogen) atoms. The Morgan fingerprint density at radius 3 is 1.93 bits per heavy atom. The summed E-state index contributed by atoms with van der Waals surface area (Å²) in [6, 6.07) is 23.6. The van der Waals surface area contributed by atoms with Crippen LogP contribution >= 0.6 is 31.9 Å². The van der Waals surface area contributed by atoms with E-state index in [9.17, 15) is 14.9 Å². The Kier molecular flexibility index (Phi) is 6.19. The van der Waals surface area contributed by atoms with Crippen LogP contribution in [0.3, 0.4) is 0 Å². The van der Waals surface area contributed by atoms with Gasteiger partial charge in [0, 0.05) is 17.7 Å². The van der Waals surface area contributed by atoms with Crippen LogP contribution in [0.5, 0.6) is 0 Å². The average molecular weight is 489 g/mol. The Labute approximate surface area is 173 Å². The van der Waals surface area contributed by atoms with Crippen molar-refractivity contribution in [3.05, 3.63) is 100 Å². The lowest BCUT2D eigenvalue weighted by Crippen LogP contribution is -2.19. The second-order valence-electron chi connectivity index (χ2n) is 5.96. The zero-order chi connectivity index (χ0) is 19.4. The zero-order valence-electron chi connectivity index (χ0n) is 14.1. The fourth-order valence-electron chi connectivity index (χ4n) is 2.70. The summed E-state index contributed by atoms with van der Waals surface area (Å²) in [7, 11) is 0. The highest BCUT2D eigenvalue weighted by Crippen LogP contribution is 2.34. The van der Waals surface area contributed by atoms with Crippen molar-refractivity contribution in [2.45, 2.75) is 9.65 Å². The molecule has 0 aliphatic rings. The predicted octanol–water partition coefficient (Wildman–Crippen LogP) is 6.34. The molecule has 0 saturated heterocycles. The van der Waals surface area contributed by atoms with Gasteiger partial charge in [-0.2, -0.15) is 0 Å². The highest BCUT2D eigenvalue weighted by Gasteiger charge is 2.26. The largest absolute Gasteiger partial charge is 0.293 e. The molecule has 136 valence electrons. The van der Waals surface area contributed by atoms with Gasteiger partial charge in [-0.1, -0.05) is 98.6 Å². The normalized spacial score (nSPS) is 13.0. The molecule has 0 aliphatic heterocycles. The molecule has 6 heteroatoms. The Hall–Kier alpha value is -2.31. The van der Waals surface area contributed by atoms with Crippen molar-refractivity contribution in [2.24, 2.45) is 0 Å². The van der Waals surface area contributed by atoms with Gasteiger partial charge in [0.25, 0.3) is 5.69 Å². The van der Waals surface area contributed by atoms with E-state index in [-0.39, 0.29) is 16.3 Å². The van der Waals surface area contributed by atoms with Crippen LogP contribution in [-0.2, 0) is 0 Å². The number of carbonyl (C=O) groups excluding carboxylic acids is 1. The number of non-ortho nitro benzene ring substituents is 1. The van der Waals surface area contributed by atoms with Crippen molar-refractivity contribution >= 4 is 43.3 Å². The second kappa shape index (κ2) is 8.59. The van der Waals surface area contributed by atoms with Gasteiger partial charge >= 0.3 is 0 Å². The van der Waals surface area contributed by atoms with Crippen LogP contribution in [0.25, 0.3) is 11.1 Å². The lowest BCUT2D eigenvalue weighted by Gasteiger charge is -2.16. The molecule has 0 saturated carbocycles. The number of hydrogen-bond acceptors (Lipinski definition) is 3. The van der Waals surface area contributed by atoms with Gasteiger partial charge in [-0.15, -0.1) is 0 Å². The van der Waals surface area contributed by atoms with E-state index in [1.807, 2.05) is 54.6 Å². The van der Waals surface area contributed by atoms with Gasteiger partial charge in [0.2, 0.25) is 0 Å². The summed E-state index contributed by atoms with van der Waals surface area (Å²) in [6.45, 7) is 0. The summed E-state index contributed by atoms with van der Waals surface area (Å²) in [6.07, 6.45) is 0. The van der Waals surface area contributed by atoms with Crippen LogP contribution in [0.4, 0.5) is 5.69 Å². The Morgan fingerprint density at radius 2 is 1.37 bits per heavy atom. The lowest BCUT2D eigenvalue weighted by molar-refractivity contribution is -0.384. The van der Waals surface area contributed by atoms with Crippen LogP contribution in [-0.4, -0.2) is 15.5 Å². The Bertz CT molecular complexity index is 941. The van der Waals surface area contributed by atoms with Crippen molar-refractivity contribution in [3.8, 4) is 11.1 Å². The molecule has 2 atom stereocenters. The molecule has 4 nitrogen and oxygen atoms in total. The number of benzene rings is 3. The van der Waals surface area contributed by atoms with E-state index in [0.29, 0.717) is 5.56 Å². The fourth-order valence-corrected chi connectivity index (χ4v) is 3.81. The van der Waals surface area contributed by atoms with Crippen molar-refractivity contribution < 1.29 is 9.72 Å². The molecule has 0 aromatic heterocycles. The van der Waals surface area contributed by atoms with E-state index in [2.05, 4.69) is 31.9 Å². The number of carbonyl (C=O) groups is 1. The number of nitro benzene ring substituents is 1. The Balaban J connectivity index is 1.75. The maximum Gasteiger partial charge on any atom is 0.269 e. The number of hydrogen-bond donors (Lipinski definition) is 0. The summed E-state index contributed by atoms with van der Waals surface area (Å²) in [5.41, 5.74) is 3.55. The highest BCUT2D eigenvalue weighted by molar-refractivity contribution is 9.12. The summed E-state index contributed by atoms with van der Waals surface area (Å²) in [5, 5.41) is 10.8. The third-order valence-electron chi connectivity index (χ3n) is 4.21. The minimum atomic E-state index is -0.499. The molecule has 0 fully saturated rings. The van der Waals surface area contributed by atoms with E-state index < -0.39 is 9.75 Å². The molecule has 0 bridgehead atoms. The van der Waals surface area contributed by atoms with E-state index in [1.165, 1.54) is 12.1 Å². The first-order chi connectivity index (χ1) is 13.0. The van der Waals surface area contributed by atoms with Gasteiger partial charge in [0.1, 0.15) is 0 Å². The van der Waals surface area contributed by atoms with Crippen LogP contribution in [0.15, 0.2) is 78.9 Å². The smallest absolute Gasteiger partial charge is 0.269 e. The number of nitrogens with zero attached hydrogens (tertiary/aromatic N) is 1. The summed E-state index contributed by atoms with van der Waals surface area (Å²) >= 11 is 6.99. The molecule has 0 spiro atoms. The van der Waals surface area contributed by atoms with Crippen molar-refractivity contribution in [1.29, 1.82) is 0 Å². The molecule has 0 amide bonds. The first-order valence-electron chi connectivity index (χ1n) is 8.19. The maximum atomic E-state index is 12.8. The standard InChI is InChI=1S/C21H15Br2NO3/c22-19(16-10-12-18(13-11-16)24(26)27)20(23)21(25)17-8-6-15(7-9-17)14-4-2-1-3-5-14/h1-13,19-20H/t19-,20+/m1/s1. The van der Waals surface area contributed by atoms with Gasteiger partial charge < -0.3 is 0 Å².